The molecule has 8 heteroatoms. The smallest absolute Gasteiger partial charge is 0.318 e. The summed E-state index contributed by atoms with van der Waals surface area (Å²) in [5.41, 5.74) is 5.82. The Bertz CT molecular complexity index is 496. The maximum atomic E-state index is 11.3. The quantitative estimate of drug-likeness (QED) is 0.594. The SMILES string of the molecule is COCCNCc1cc(OCC(=O)NC(N)=O)ccc1Br. The molecule has 1 aromatic rings. The Labute approximate surface area is 131 Å². The van der Waals surface area contributed by atoms with Crippen molar-refractivity contribution >= 4 is 27.9 Å². The van der Waals surface area contributed by atoms with Gasteiger partial charge in [-0.2, -0.15) is 0 Å². The number of ether oxygens (including phenoxy) is 2. The van der Waals surface area contributed by atoms with Gasteiger partial charge < -0.3 is 20.5 Å². The summed E-state index contributed by atoms with van der Waals surface area (Å²) in [5, 5.41) is 5.14. The average Bonchev–Trinajstić information content (AvgIpc) is 2.43. The molecular formula is C13H18BrN3O4. The Kier molecular flexibility index (Phi) is 7.73. The van der Waals surface area contributed by atoms with Gasteiger partial charge in [-0.05, 0) is 23.8 Å². The lowest BCUT2D eigenvalue weighted by Crippen LogP contribution is -2.38. The number of halogens is 1. The van der Waals surface area contributed by atoms with Gasteiger partial charge in [-0.3, -0.25) is 10.1 Å². The summed E-state index contributed by atoms with van der Waals surface area (Å²) >= 11 is 3.45. The highest BCUT2D eigenvalue weighted by molar-refractivity contribution is 9.10. The first kappa shape index (κ1) is 17.4. The number of methoxy groups -OCH3 is 1. The third-order valence-electron chi connectivity index (χ3n) is 2.45. The molecule has 1 aromatic carbocycles. The van der Waals surface area contributed by atoms with Gasteiger partial charge in [0, 0.05) is 24.7 Å². The summed E-state index contributed by atoms with van der Waals surface area (Å²) in [6, 6.07) is 4.46. The summed E-state index contributed by atoms with van der Waals surface area (Å²) in [4.78, 5) is 21.8. The van der Waals surface area contributed by atoms with Crippen molar-refractivity contribution in [2.24, 2.45) is 5.73 Å². The second kappa shape index (κ2) is 9.32. The fraction of sp³-hybridized carbons (Fsp3) is 0.385. The van der Waals surface area contributed by atoms with E-state index in [4.69, 9.17) is 15.2 Å². The van der Waals surface area contributed by atoms with E-state index in [1.807, 2.05) is 11.4 Å². The van der Waals surface area contributed by atoms with Crippen LogP contribution < -0.4 is 21.1 Å². The average molecular weight is 360 g/mol. The molecule has 0 saturated heterocycles. The van der Waals surface area contributed by atoms with Crippen LogP contribution in [-0.4, -0.2) is 38.8 Å². The Morgan fingerprint density at radius 3 is 2.81 bits per heavy atom. The lowest BCUT2D eigenvalue weighted by molar-refractivity contribution is -0.121. The number of rotatable bonds is 8. The number of nitrogens with two attached hydrogens (primary N) is 1. The topological polar surface area (TPSA) is 103 Å². The molecule has 0 aliphatic carbocycles. The van der Waals surface area contributed by atoms with Crippen LogP contribution in [0.2, 0.25) is 0 Å². The van der Waals surface area contributed by atoms with Crippen LogP contribution in [0.1, 0.15) is 5.56 Å². The van der Waals surface area contributed by atoms with Gasteiger partial charge >= 0.3 is 6.03 Å². The summed E-state index contributed by atoms with van der Waals surface area (Å²) in [6.07, 6.45) is 0. The summed E-state index contributed by atoms with van der Waals surface area (Å²) in [6.45, 7) is 1.71. The Morgan fingerprint density at radius 2 is 2.14 bits per heavy atom. The second-order valence-electron chi connectivity index (χ2n) is 4.12. The summed E-state index contributed by atoms with van der Waals surface area (Å²) < 4.78 is 11.2. The highest BCUT2D eigenvalue weighted by atomic mass is 79.9. The molecule has 0 spiro atoms. The van der Waals surface area contributed by atoms with Gasteiger partial charge in [0.1, 0.15) is 5.75 Å². The zero-order chi connectivity index (χ0) is 15.7. The van der Waals surface area contributed by atoms with Crippen LogP contribution in [0.4, 0.5) is 4.79 Å². The number of carbonyl (C=O) groups excluding carboxylic acids is 2. The van der Waals surface area contributed by atoms with E-state index in [2.05, 4.69) is 21.2 Å². The first-order valence-electron chi connectivity index (χ1n) is 6.23. The van der Waals surface area contributed by atoms with Crippen molar-refractivity contribution in [3.05, 3.63) is 28.2 Å². The van der Waals surface area contributed by atoms with Gasteiger partial charge in [0.2, 0.25) is 0 Å². The molecule has 21 heavy (non-hydrogen) atoms. The van der Waals surface area contributed by atoms with E-state index in [0.29, 0.717) is 18.9 Å². The fourth-order valence-electron chi connectivity index (χ4n) is 1.50. The molecule has 0 fully saturated rings. The molecule has 0 heterocycles. The maximum absolute atomic E-state index is 11.3. The number of hydrogen-bond acceptors (Lipinski definition) is 5. The summed E-state index contributed by atoms with van der Waals surface area (Å²) in [5.74, 6) is -0.0634. The minimum absolute atomic E-state index is 0.277. The monoisotopic (exact) mass is 359 g/mol. The molecule has 116 valence electrons. The van der Waals surface area contributed by atoms with Crippen molar-refractivity contribution in [1.29, 1.82) is 0 Å². The predicted molar refractivity (Wildman–Crippen MR) is 80.9 cm³/mol. The van der Waals surface area contributed by atoms with E-state index in [1.54, 1.807) is 19.2 Å². The van der Waals surface area contributed by atoms with E-state index < -0.39 is 11.9 Å². The third kappa shape index (κ3) is 7.07. The zero-order valence-electron chi connectivity index (χ0n) is 11.6. The van der Waals surface area contributed by atoms with Crippen LogP contribution >= 0.6 is 15.9 Å². The maximum Gasteiger partial charge on any atom is 0.318 e. The molecule has 0 atom stereocenters. The number of benzene rings is 1. The van der Waals surface area contributed by atoms with E-state index in [-0.39, 0.29) is 6.61 Å². The minimum Gasteiger partial charge on any atom is -0.484 e. The molecule has 3 amide bonds. The van der Waals surface area contributed by atoms with Crippen LogP contribution in [0.25, 0.3) is 0 Å². The summed E-state index contributed by atoms with van der Waals surface area (Å²) in [7, 11) is 1.64. The molecule has 0 bridgehead atoms. The Morgan fingerprint density at radius 1 is 1.38 bits per heavy atom. The molecule has 0 aliphatic heterocycles. The van der Waals surface area contributed by atoms with Crippen LogP contribution in [0, 0.1) is 0 Å². The predicted octanol–water partition coefficient (Wildman–Crippen LogP) is 0.759. The molecule has 7 nitrogen and oxygen atoms in total. The lowest BCUT2D eigenvalue weighted by atomic mass is 10.2. The van der Waals surface area contributed by atoms with Crippen molar-refractivity contribution < 1.29 is 19.1 Å². The number of nitrogens with one attached hydrogen (secondary N) is 2. The number of amides is 3. The Hall–Kier alpha value is -1.64. The Balaban J connectivity index is 2.52. The first-order chi connectivity index (χ1) is 10.0. The zero-order valence-corrected chi connectivity index (χ0v) is 13.2. The number of imide groups is 1. The fourth-order valence-corrected chi connectivity index (χ4v) is 1.88. The second-order valence-corrected chi connectivity index (χ2v) is 4.98. The standard InChI is InChI=1S/C13H18BrN3O4/c1-20-5-4-16-7-9-6-10(2-3-11(9)14)21-8-12(18)17-13(15)19/h2-3,6,16H,4-5,7-8H2,1H3,(H3,15,17,18,19). The van der Waals surface area contributed by atoms with Crippen LogP contribution in [-0.2, 0) is 16.1 Å². The molecular weight excluding hydrogens is 342 g/mol. The first-order valence-corrected chi connectivity index (χ1v) is 7.02. The molecule has 0 saturated carbocycles. The van der Waals surface area contributed by atoms with Gasteiger partial charge in [0.05, 0.1) is 6.61 Å². The number of hydrogen-bond donors (Lipinski definition) is 3. The van der Waals surface area contributed by atoms with Crippen molar-refractivity contribution in [2.75, 3.05) is 26.9 Å². The van der Waals surface area contributed by atoms with Crippen LogP contribution in [0.15, 0.2) is 22.7 Å². The molecule has 0 aliphatic rings. The molecule has 0 aromatic heterocycles. The molecule has 0 radical (unpaired) electrons. The number of urea groups is 1. The van der Waals surface area contributed by atoms with Crippen LogP contribution in [0.3, 0.4) is 0 Å². The van der Waals surface area contributed by atoms with Crippen molar-refractivity contribution in [3.8, 4) is 5.75 Å². The largest absolute Gasteiger partial charge is 0.484 e. The van der Waals surface area contributed by atoms with E-state index in [0.717, 1.165) is 16.6 Å². The molecule has 4 N–H and O–H groups in total. The highest BCUT2D eigenvalue weighted by Crippen LogP contribution is 2.22. The normalized spacial score (nSPS) is 10.2. The van der Waals surface area contributed by atoms with Gasteiger partial charge in [0.25, 0.3) is 5.91 Å². The van der Waals surface area contributed by atoms with Crippen molar-refractivity contribution in [2.45, 2.75) is 6.54 Å². The van der Waals surface area contributed by atoms with Crippen molar-refractivity contribution in [1.82, 2.24) is 10.6 Å². The number of primary amides is 1. The molecule has 1 rings (SSSR count). The highest BCUT2D eigenvalue weighted by Gasteiger charge is 2.07. The van der Waals surface area contributed by atoms with E-state index in [1.165, 1.54) is 0 Å². The third-order valence-corrected chi connectivity index (χ3v) is 3.22. The number of carbonyl (C=O) groups is 2. The van der Waals surface area contributed by atoms with Crippen molar-refractivity contribution in [3.63, 3.8) is 0 Å². The minimum atomic E-state index is -0.901. The van der Waals surface area contributed by atoms with Gasteiger partial charge in [0.15, 0.2) is 6.61 Å². The van der Waals surface area contributed by atoms with E-state index >= 15 is 0 Å². The van der Waals surface area contributed by atoms with Crippen LogP contribution in [0.5, 0.6) is 5.75 Å². The van der Waals surface area contributed by atoms with Gasteiger partial charge in [-0.1, -0.05) is 15.9 Å². The van der Waals surface area contributed by atoms with Gasteiger partial charge in [-0.25, -0.2) is 4.79 Å². The van der Waals surface area contributed by atoms with E-state index in [9.17, 15) is 9.59 Å². The lowest BCUT2D eigenvalue weighted by Gasteiger charge is -2.10. The van der Waals surface area contributed by atoms with Gasteiger partial charge in [-0.15, -0.1) is 0 Å². The molecule has 0 unspecified atom stereocenters.